The molecule has 1 aromatic rings. The van der Waals surface area contributed by atoms with E-state index in [1.807, 2.05) is 6.07 Å². The van der Waals surface area contributed by atoms with E-state index in [1.54, 1.807) is 0 Å². The molecule has 1 heterocycles. The Balaban J connectivity index is 2.96. The van der Waals surface area contributed by atoms with Gasteiger partial charge in [-0.1, -0.05) is 11.8 Å². The van der Waals surface area contributed by atoms with E-state index in [9.17, 15) is 0 Å². The zero-order valence-corrected chi connectivity index (χ0v) is 5.76. The Hall–Kier alpha value is -1.78. The van der Waals surface area contributed by atoms with Crippen LogP contribution in [0.5, 0.6) is 0 Å². The molecular formula is C7H6N4. The molecule has 4 nitrogen and oxygen atoms in total. The van der Waals surface area contributed by atoms with Gasteiger partial charge in [0.2, 0.25) is 0 Å². The molecule has 0 aliphatic rings. The van der Waals surface area contributed by atoms with Gasteiger partial charge in [-0.25, -0.2) is 0 Å². The second-order valence-corrected chi connectivity index (χ2v) is 1.78. The van der Waals surface area contributed by atoms with Crippen molar-refractivity contribution in [3.05, 3.63) is 17.5 Å². The molecule has 4 heteroatoms. The first-order valence-electron chi connectivity index (χ1n) is 3.01. The first-order chi connectivity index (χ1) is 5.38. The van der Waals surface area contributed by atoms with Gasteiger partial charge in [-0.15, -0.1) is 0 Å². The highest BCUT2D eigenvalue weighted by Gasteiger charge is 1.97. The molecule has 0 aliphatic carbocycles. The number of nitrogens with one attached hydrogen (secondary N) is 1. The summed E-state index contributed by atoms with van der Waals surface area (Å²) in [6.07, 6.45) is 1.50. The van der Waals surface area contributed by atoms with Gasteiger partial charge >= 0.3 is 0 Å². The molecule has 0 atom stereocenters. The molecule has 0 aromatic carbocycles. The SMILES string of the molecule is N#Cc1[nH]ncc1C#CCN. The number of H-pyrrole nitrogens is 1. The summed E-state index contributed by atoms with van der Waals surface area (Å²) < 4.78 is 0. The molecule has 0 unspecified atom stereocenters. The number of nitriles is 1. The number of hydrogen-bond acceptors (Lipinski definition) is 3. The van der Waals surface area contributed by atoms with Crippen LogP contribution in [0.1, 0.15) is 11.3 Å². The van der Waals surface area contributed by atoms with Crippen molar-refractivity contribution in [1.29, 1.82) is 5.26 Å². The highest BCUT2D eigenvalue weighted by atomic mass is 15.1. The number of rotatable bonds is 0. The summed E-state index contributed by atoms with van der Waals surface area (Å²) in [4.78, 5) is 0. The maximum absolute atomic E-state index is 8.49. The predicted octanol–water partition coefficient (Wildman–Crippen LogP) is -0.408. The van der Waals surface area contributed by atoms with Gasteiger partial charge in [-0.3, -0.25) is 5.10 Å². The van der Waals surface area contributed by atoms with E-state index in [0.29, 0.717) is 11.3 Å². The minimum absolute atomic E-state index is 0.288. The Morgan fingerprint density at radius 2 is 2.55 bits per heavy atom. The van der Waals surface area contributed by atoms with Gasteiger partial charge in [-0.2, -0.15) is 10.4 Å². The second-order valence-electron chi connectivity index (χ2n) is 1.78. The molecule has 0 spiro atoms. The minimum atomic E-state index is 0.288. The molecule has 0 saturated heterocycles. The van der Waals surface area contributed by atoms with Crippen LogP contribution in [0.2, 0.25) is 0 Å². The number of nitrogens with two attached hydrogens (primary N) is 1. The Bertz CT molecular complexity index is 333. The van der Waals surface area contributed by atoms with Crippen molar-refractivity contribution in [3.8, 4) is 17.9 Å². The molecule has 0 saturated carbocycles. The van der Waals surface area contributed by atoms with Crippen molar-refractivity contribution in [2.45, 2.75) is 0 Å². The van der Waals surface area contributed by atoms with E-state index >= 15 is 0 Å². The van der Waals surface area contributed by atoms with Crippen LogP contribution in [-0.2, 0) is 0 Å². The van der Waals surface area contributed by atoms with E-state index in [2.05, 4.69) is 22.0 Å². The molecule has 0 amide bonds. The number of aromatic nitrogens is 2. The van der Waals surface area contributed by atoms with Crippen LogP contribution >= 0.6 is 0 Å². The van der Waals surface area contributed by atoms with E-state index in [0.717, 1.165) is 0 Å². The zero-order chi connectivity index (χ0) is 8.10. The summed E-state index contributed by atoms with van der Waals surface area (Å²) in [6.45, 7) is 0.288. The molecule has 0 aliphatic heterocycles. The minimum Gasteiger partial charge on any atom is -0.320 e. The third-order valence-corrected chi connectivity index (χ3v) is 1.08. The van der Waals surface area contributed by atoms with Crippen LogP contribution in [0.4, 0.5) is 0 Å². The van der Waals surface area contributed by atoms with Crippen LogP contribution in [0.25, 0.3) is 0 Å². The van der Waals surface area contributed by atoms with Gasteiger partial charge < -0.3 is 5.73 Å². The van der Waals surface area contributed by atoms with Crippen LogP contribution in [0.3, 0.4) is 0 Å². The topological polar surface area (TPSA) is 78.5 Å². The summed E-state index contributed by atoms with van der Waals surface area (Å²) in [7, 11) is 0. The van der Waals surface area contributed by atoms with Crippen molar-refractivity contribution in [1.82, 2.24) is 10.2 Å². The monoisotopic (exact) mass is 146 g/mol. The highest BCUT2D eigenvalue weighted by molar-refractivity contribution is 5.42. The molecule has 54 valence electrons. The number of nitrogens with zero attached hydrogens (tertiary/aromatic N) is 2. The van der Waals surface area contributed by atoms with E-state index in [-0.39, 0.29) is 6.54 Å². The Morgan fingerprint density at radius 3 is 3.18 bits per heavy atom. The zero-order valence-electron chi connectivity index (χ0n) is 5.76. The molecule has 11 heavy (non-hydrogen) atoms. The maximum Gasteiger partial charge on any atom is 0.151 e. The fraction of sp³-hybridized carbons (Fsp3) is 0.143. The van der Waals surface area contributed by atoms with Crippen LogP contribution in [0, 0.1) is 23.2 Å². The Labute approximate surface area is 64.0 Å². The quantitative estimate of drug-likeness (QED) is 0.488. The van der Waals surface area contributed by atoms with Gasteiger partial charge in [0.25, 0.3) is 0 Å². The highest BCUT2D eigenvalue weighted by Crippen LogP contribution is 1.98. The molecule has 1 rings (SSSR count). The van der Waals surface area contributed by atoms with Crippen molar-refractivity contribution in [2.24, 2.45) is 5.73 Å². The molecule has 3 N–H and O–H groups in total. The first-order valence-corrected chi connectivity index (χ1v) is 3.01. The summed E-state index contributed by atoms with van der Waals surface area (Å²) in [5.74, 6) is 5.34. The number of hydrogen-bond donors (Lipinski definition) is 2. The van der Waals surface area contributed by atoms with Crippen molar-refractivity contribution in [2.75, 3.05) is 6.54 Å². The lowest BCUT2D eigenvalue weighted by molar-refractivity contribution is 1.07. The lowest BCUT2D eigenvalue weighted by Crippen LogP contribution is -1.93. The van der Waals surface area contributed by atoms with Gasteiger partial charge in [-0.05, 0) is 0 Å². The fourth-order valence-electron chi connectivity index (χ4n) is 0.612. The molecular weight excluding hydrogens is 140 g/mol. The summed E-state index contributed by atoms with van der Waals surface area (Å²) in [5, 5.41) is 14.7. The standard InChI is InChI=1S/C7H6N4/c8-3-1-2-6-5-10-11-7(6)4-9/h5H,3,8H2,(H,10,11). The molecule has 0 fully saturated rings. The largest absolute Gasteiger partial charge is 0.320 e. The van der Waals surface area contributed by atoms with Crippen molar-refractivity contribution < 1.29 is 0 Å². The van der Waals surface area contributed by atoms with Gasteiger partial charge in [0.15, 0.2) is 5.69 Å². The van der Waals surface area contributed by atoms with Gasteiger partial charge in [0.05, 0.1) is 18.3 Å². The predicted molar refractivity (Wildman–Crippen MR) is 39.2 cm³/mol. The summed E-state index contributed by atoms with van der Waals surface area (Å²) in [5.41, 5.74) is 6.13. The third-order valence-electron chi connectivity index (χ3n) is 1.08. The molecule has 0 bridgehead atoms. The van der Waals surface area contributed by atoms with E-state index in [1.165, 1.54) is 6.20 Å². The maximum atomic E-state index is 8.49. The summed E-state index contributed by atoms with van der Waals surface area (Å²) in [6, 6.07) is 1.92. The number of aromatic amines is 1. The first kappa shape index (κ1) is 7.33. The second kappa shape index (κ2) is 3.40. The van der Waals surface area contributed by atoms with Crippen LogP contribution in [0.15, 0.2) is 6.20 Å². The Morgan fingerprint density at radius 1 is 1.73 bits per heavy atom. The van der Waals surface area contributed by atoms with Crippen molar-refractivity contribution >= 4 is 0 Å². The van der Waals surface area contributed by atoms with E-state index in [4.69, 9.17) is 11.0 Å². The van der Waals surface area contributed by atoms with Gasteiger partial charge in [0, 0.05) is 0 Å². The lowest BCUT2D eigenvalue weighted by Gasteiger charge is -1.78. The van der Waals surface area contributed by atoms with Crippen LogP contribution < -0.4 is 5.73 Å². The molecule has 0 radical (unpaired) electrons. The average Bonchev–Trinajstić information content (AvgIpc) is 2.47. The van der Waals surface area contributed by atoms with E-state index < -0.39 is 0 Å². The average molecular weight is 146 g/mol. The summed E-state index contributed by atoms with van der Waals surface area (Å²) >= 11 is 0. The Kier molecular flexibility index (Phi) is 2.27. The van der Waals surface area contributed by atoms with Crippen LogP contribution in [-0.4, -0.2) is 16.7 Å². The molecule has 1 aromatic heterocycles. The lowest BCUT2D eigenvalue weighted by atomic mass is 10.3. The third kappa shape index (κ3) is 1.57. The van der Waals surface area contributed by atoms with Crippen molar-refractivity contribution in [3.63, 3.8) is 0 Å². The fourth-order valence-corrected chi connectivity index (χ4v) is 0.612. The van der Waals surface area contributed by atoms with Gasteiger partial charge in [0.1, 0.15) is 6.07 Å². The normalized spacial score (nSPS) is 8.00. The smallest absolute Gasteiger partial charge is 0.151 e.